The van der Waals surface area contributed by atoms with Gasteiger partial charge in [-0.2, -0.15) is 0 Å². The smallest absolute Gasteiger partial charge is 0.226 e. The van der Waals surface area contributed by atoms with E-state index in [0.29, 0.717) is 5.92 Å². The van der Waals surface area contributed by atoms with Crippen LogP contribution in [-0.4, -0.2) is 29.4 Å². The van der Waals surface area contributed by atoms with E-state index in [-0.39, 0.29) is 11.8 Å². The van der Waals surface area contributed by atoms with Gasteiger partial charge in [0.05, 0.1) is 0 Å². The fourth-order valence-corrected chi connectivity index (χ4v) is 3.04. The predicted molar refractivity (Wildman–Crippen MR) is 87.6 cm³/mol. The van der Waals surface area contributed by atoms with Crippen molar-refractivity contribution in [3.05, 3.63) is 65.5 Å². The van der Waals surface area contributed by atoms with Crippen LogP contribution in [-0.2, 0) is 11.2 Å². The molecule has 0 spiro atoms. The van der Waals surface area contributed by atoms with Gasteiger partial charge in [0, 0.05) is 37.8 Å². The van der Waals surface area contributed by atoms with Crippen molar-refractivity contribution in [1.29, 1.82) is 0 Å². The van der Waals surface area contributed by atoms with Crippen LogP contribution in [0.4, 0.5) is 0 Å². The summed E-state index contributed by atoms with van der Waals surface area (Å²) < 4.78 is 0. The number of amides is 1. The number of hydrogen-bond acceptors (Lipinski definition) is 2. The fourth-order valence-electron chi connectivity index (χ4n) is 3.04. The molecule has 0 saturated heterocycles. The number of pyridine rings is 1. The normalized spacial score (nSPS) is 19.7. The van der Waals surface area contributed by atoms with Gasteiger partial charge in [-0.15, -0.1) is 0 Å². The van der Waals surface area contributed by atoms with Gasteiger partial charge in [0.25, 0.3) is 0 Å². The van der Waals surface area contributed by atoms with E-state index < -0.39 is 0 Å². The second-order valence-electron chi connectivity index (χ2n) is 6.14. The summed E-state index contributed by atoms with van der Waals surface area (Å²) in [5.41, 5.74) is 3.66. The highest BCUT2D eigenvalue weighted by Crippen LogP contribution is 2.49. The van der Waals surface area contributed by atoms with Gasteiger partial charge in [-0.3, -0.25) is 9.78 Å². The molecule has 3 nitrogen and oxygen atoms in total. The van der Waals surface area contributed by atoms with Gasteiger partial charge in [0.2, 0.25) is 5.91 Å². The van der Waals surface area contributed by atoms with Crippen molar-refractivity contribution < 1.29 is 4.79 Å². The molecule has 3 rings (SSSR count). The lowest BCUT2D eigenvalue weighted by atomic mass is 10.0. The summed E-state index contributed by atoms with van der Waals surface area (Å²) in [6, 6.07) is 14.3. The van der Waals surface area contributed by atoms with Crippen LogP contribution < -0.4 is 0 Å². The Bertz CT molecular complexity index is 653. The molecular formula is C19H22N2O. The molecule has 1 aliphatic rings. The lowest BCUT2D eigenvalue weighted by Crippen LogP contribution is -2.30. The molecule has 3 heteroatoms. The Morgan fingerprint density at radius 1 is 1.23 bits per heavy atom. The Labute approximate surface area is 132 Å². The molecule has 114 valence electrons. The molecule has 0 unspecified atom stereocenters. The maximum absolute atomic E-state index is 12.5. The number of nitrogens with zero attached hydrogens (tertiary/aromatic N) is 2. The van der Waals surface area contributed by atoms with E-state index in [4.69, 9.17) is 0 Å². The monoisotopic (exact) mass is 294 g/mol. The summed E-state index contributed by atoms with van der Waals surface area (Å²) in [6.07, 6.45) is 3.59. The van der Waals surface area contributed by atoms with E-state index in [2.05, 4.69) is 36.2 Å². The third-order valence-corrected chi connectivity index (χ3v) is 4.50. The summed E-state index contributed by atoms with van der Waals surface area (Å²) in [4.78, 5) is 18.7. The third kappa shape index (κ3) is 3.19. The summed E-state index contributed by atoms with van der Waals surface area (Å²) in [5.74, 6) is 0.838. The standard InChI is InChI=1S/C19H22N2O/c1-14-7-3-4-9-16(14)17-13-18(17)19(22)21(2)12-10-15-8-5-6-11-20-15/h3-9,11,17-18H,10,12-13H2,1-2H3/t17-,18-/m1/s1. The van der Waals surface area contributed by atoms with Gasteiger partial charge in [0.15, 0.2) is 0 Å². The third-order valence-electron chi connectivity index (χ3n) is 4.50. The first-order valence-corrected chi connectivity index (χ1v) is 7.87. The first kappa shape index (κ1) is 14.8. The van der Waals surface area contributed by atoms with E-state index in [0.717, 1.165) is 25.1 Å². The Balaban J connectivity index is 1.55. The number of rotatable bonds is 5. The first-order chi connectivity index (χ1) is 10.7. The topological polar surface area (TPSA) is 33.2 Å². The quantitative estimate of drug-likeness (QED) is 0.848. The second-order valence-corrected chi connectivity index (χ2v) is 6.14. The van der Waals surface area contributed by atoms with Crippen molar-refractivity contribution in [3.8, 4) is 0 Å². The highest BCUT2D eigenvalue weighted by molar-refractivity contribution is 5.83. The van der Waals surface area contributed by atoms with Gasteiger partial charge in [-0.1, -0.05) is 30.3 Å². The minimum absolute atomic E-state index is 0.162. The van der Waals surface area contributed by atoms with Crippen molar-refractivity contribution in [1.82, 2.24) is 9.88 Å². The molecule has 1 aromatic carbocycles. The molecule has 2 aromatic rings. The number of benzene rings is 1. The second kappa shape index (κ2) is 6.30. The van der Waals surface area contributed by atoms with E-state index in [9.17, 15) is 4.79 Å². The minimum atomic E-state index is 0.162. The van der Waals surface area contributed by atoms with E-state index in [1.807, 2.05) is 30.1 Å². The van der Waals surface area contributed by atoms with Crippen LogP contribution >= 0.6 is 0 Å². The van der Waals surface area contributed by atoms with Crippen molar-refractivity contribution in [2.45, 2.75) is 25.7 Å². The average Bonchev–Trinajstić information content (AvgIpc) is 3.33. The predicted octanol–water partition coefficient (Wildman–Crippen LogP) is 3.19. The number of carbonyl (C=O) groups excluding carboxylic acids is 1. The van der Waals surface area contributed by atoms with E-state index >= 15 is 0 Å². The highest BCUT2D eigenvalue weighted by Gasteiger charge is 2.45. The molecular weight excluding hydrogens is 272 g/mol. The van der Waals surface area contributed by atoms with Crippen molar-refractivity contribution in [2.24, 2.45) is 5.92 Å². The summed E-state index contributed by atoms with van der Waals surface area (Å²) >= 11 is 0. The Morgan fingerprint density at radius 3 is 2.73 bits per heavy atom. The number of carbonyl (C=O) groups is 1. The van der Waals surface area contributed by atoms with Gasteiger partial charge in [0.1, 0.15) is 0 Å². The zero-order valence-electron chi connectivity index (χ0n) is 13.2. The van der Waals surface area contributed by atoms with Crippen LogP contribution in [0.2, 0.25) is 0 Å². The molecule has 0 aliphatic heterocycles. The zero-order valence-corrected chi connectivity index (χ0v) is 13.2. The molecule has 1 aromatic heterocycles. The molecule has 0 radical (unpaired) electrons. The summed E-state index contributed by atoms with van der Waals surface area (Å²) in [5, 5.41) is 0. The maximum atomic E-state index is 12.5. The van der Waals surface area contributed by atoms with Gasteiger partial charge >= 0.3 is 0 Å². The lowest BCUT2D eigenvalue weighted by molar-refractivity contribution is -0.131. The summed E-state index contributed by atoms with van der Waals surface area (Å²) in [6.45, 7) is 2.85. The number of likely N-dealkylation sites (N-methyl/N-ethyl adjacent to an activating group) is 1. The molecule has 1 fully saturated rings. The average molecular weight is 294 g/mol. The zero-order chi connectivity index (χ0) is 15.5. The maximum Gasteiger partial charge on any atom is 0.226 e. The molecule has 22 heavy (non-hydrogen) atoms. The fraction of sp³-hybridized carbons (Fsp3) is 0.368. The van der Waals surface area contributed by atoms with Gasteiger partial charge in [-0.05, 0) is 42.5 Å². The number of aromatic nitrogens is 1. The van der Waals surface area contributed by atoms with E-state index in [1.165, 1.54) is 11.1 Å². The number of hydrogen-bond donors (Lipinski definition) is 0. The van der Waals surface area contributed by atoms with Crippen molar-refractivity contribution in [2.75, 3.05) is 13.6 Å². The largest absolute Gasteiger partial charge is 0.345 e. The molecule has 1 amide bonds. The molecule has 1 aliphatic carbocycles. The van der Waals surface area contributed by atoms with Crippen LogP contribution in [0.1, 0.15) is 29.2 Å². The highest BCUT2D eigenvalue weighted by atomic mass is 16.2. The Hall–Kier alpha value is -2.16. The first-order valence-electron chi connectivity index (χ1n) is 7.87. The van der Waals surface area contributed by atoms with Crippen LogP contribution in [0.15, 0.2) is 48.7 Å². The number of aryl methyl sites for hydroxylation is 1. The van der Waals surface area contributed by atoms with Crippen LogP contribution in [0.5, 0.6) is 0 Å². The minimum Gasteiger partial charge on any atom is -0.345 e. The molecule has 1 saturated carbocycles. The molecule has 0 N–H and O–H groups in total. The molecule has 0 bridgehead atoms. The van der Waals surface area contributed by atoms with E-state index in [1.54, 1.807) is 6.20 Å². The summed E-state index contributed by atoms with van der Waals surface area (Å²) in [7, 11) is 1.90. The molecule has 1 heterocycles. The Morgan fingerprint density at radius 2 is 2.00 bits per heavy atom. The SMILES string of the molecule is Cc1ccccc1[C@H]1C[C@H]1C(=O)N(C)CCc1ccccn1. The van der Waals surface area contributed by atoms with Crippen LogP contribution in [0, 0.1) is 12.8 Å². The van der Waals surface area contributed by atoms with Crippen LogP contribution in [0.25, 0.3) is 0 Å². The van der Waals surface area contributed by atoms with Crippen LogP contribution in [0.3, 0.4) is 0 Å². The lowest BCUT2D eigenvalue weighted by Gasteiger charge is -2.17. The van der Waals surface area contributed by atoms with Gasteiger partial charge < -0.3 is 4.90 Å². The Kier molecular flexibility index (Phi) is 4.23. The van der Waals surface area contributed by atoms with Gasteiger partial charge in [-0.25, -0.2) is 0 Å². The van der Waals surface area contributed by atoms with Crippen molar-refractivity contribution >= 4 is 5.91 Å². The molecule has 2 atom stereocenters. The van der Waals surface area contributed by atoms with Crippen molar-refractivity contribution in [3.63, 3.8) is 0 Å².